The lowest BCUT2D eigenvalue weighted by molar-refractivity contribution is 0.0576. The second-order valence-corrected chi connectivity index (χ2v) is 17.4. The molecule has 3 rings (SSSR count). The first-order chi connectivity index (χ1) is 16.7. The molecule has 0 saturated carbocycles. The second-order valence-electron chi connectivity index (χ2n) is 11.3. The Kier molecular flexibility index (Phi) is 8.20. The number of amides is 1. The highest BCUT2D eigenvalue weighted by atomic mass is 35.5. The predicted molar refractivity (Wildman–Crippen MR) is 148 cm³/mol. The number of hydrogen-bond donors (Lipinski definition) is 0. The van der Waals surface area contributed by atoms with Crippen molar-refractivity contribution in [2.75, 3.05) is 4.90 Å². The minimum atomic E-state index is -2.06. The van der Waals surface area contributed by atoms with Crippen LogP contribution in [-0.4, -0.2) is 34.1 Å². The fourth-order valence-electron chi connectivity index (χ4n) is 5.70. The number of anilines is 1. The summed E-state index contributed by atoms with van der Waals surface area (Å²) < 4.78 is 23.7. The van der Waals surface area contributed by atoms with Gasteiger partial charge in [0, 0.05) is 17.1 Å². The summed E-state index contributed by atoms with van der Waals surface area (Å²) in [4.78, 5) is 22.5. The second kappa shape index (κ2) is 10.5. The Hall–Kier alpha value is -2.45. The van der Waals surface area contributed by atoms with Crippen LogP contribution in [0.15, 0.2) is 36.8 Å². The predicted octanol–water partition coefficient (Wildman–Crippen LogP) is 8.19. The zero-order valence-corrected chi connectivity index (χ0v) is 24.5. The van der Waals surface area contributed by atoms with Crippen LogP contribution in [-0.2, 0) is 11.3 Å². The summed E-state index contributed by atoms with van der Waals surface area (Å²) in [5, 5.41) is 1.12. The lowest BCUT2D eigenvalue weighted by Gasteiger charge is -2.44. The Morgan fingerprint density at radius 3 is 2.22 bits per heavy atom. The zero-order valence-electron chi connectivity index (χ0n) is 22.8. The van der Waals surface area contributed by atoms with Gasteiger partial charge in [0.1, 0.15) is 28.7 Å². The Labute approximate surface area is 219 Å². The van der Waals surface area contributed by atoms with Crippen molar-refractivity contribution in [3.63, 3.8) is 0 Å². The van der Waals surface area contributed by atoms with Gasteiger partial charge in [-0.2, -0.15) is 0 Å². The number of aromatic nitrogens is 3. The highest BCUT2D eigenvalue weighted by Gasteiger charge is 2.45. The lowest BCUT2D eigenvalue weighted by Crippen LogP contribution is -2.51. The molecule has 0 aliphatic carbocycles. The molecule has 0 aliphatic heterocycles. The third-order valence-electron chi connectivity index (χ3n) is 6.89. The third kappa shape index (κ3) is 5.44. The molecule has 0 bridgehead atoms. The Balaban J connectivity index is 2.11. The summed E-state index contributed by atoms with van der Waals surface area (Å²) in [6.07, 6.45) is 2.75. The zero-order chi connectivity index (χ0) is 27.0. The number of ether oxygens (including phenoxy) is 1. The topological polar surface area (TPSA) is 60.2 Å². The van der Waals surface area contributed by atoms with E-state index in [2.05, 4.69) is 61.9 Å². The molecule has 2 heterocycles. The van der Waals surface area contributed by atoms with E-state index in [1.165, 1.54) is 17.3 Å². The Morgan fingerprint density at radius 2 is 1.69 bits per heavy atom. The monoisotopic (exact) mass is 532 g/mol. The fraction of sp³-hybridized carbons (Fsp3) is 0.519. The van der Waals surface area contributed by atoms with E-state index >= 15 is 4.39 Å². The van der Waals surface area contributed by atoms with Crippen molar-refractivity contribution in [1.29, 1.82) is 0 Å². The maximum absolute atomic E-state index is 15.7. The summed E-state index contributed by atoms with van der Waals surface area (Å²) in [7, 11) is -2.06. The molecular weight excluding hydrogens is 495 g/mol. The third-order valence-corrected chi connectivity index (χ3v) is 13.9. The molecule has 0 aliphatic rings. The number of nitrogens with zero attached hydrogens (tertiary/aromatic N) is 4. The SMILES string of the molecule is CC(C)[Si](C(C)C)(C(C)C)n1ccc2cc(CN(C(=O)OC(C)(C)C)c3cc(Cl)ncn3)c(F)cc21. The summed E-state index contributed by atoms with van der Waals surface area (Å²) in [5.41, 5.74) is 1.95. The van der Waals surface area contributed by atoms with Crippen LogP contribution in [0.25, 0.3) is 10.9 Å². The van der Waals surface area contributed by atoms with Crippen LogP contribution in [0, 0.1) is 5.82 Å². The molecular formula is C27H38ClFN4O2Si. The van der Waals surface area contributed by atoms with Crippen molar-refractivity contribution in [2.24, 2.45) is 0 Å². The fourth-order valence-corrected chi connectivity index (χ4v) is 12.4. The molecule has 0 atom stereocenters. The quantitative estimate of drug-likeness (QED) is 0.227. The number of halogens is 2. The van der Waals surface area contributed by atoms with Gasteiger partial charge in [0.2, 0.25) is 0 Å². The largest absolute Gasteiger partial charge is 0.443 e. The van der Waals surface area contributed by atoms with Crippen LogP contribution < -0.4 is 4.90 Å². The van der Waals surface area contributed by atoms with Crippen LogP contribution in [0.1, 0.15) is 67.9 Å². The van der Waals surface area contributed by atoms with Gasteiger partial charge in [0.05, 0.1) is 6.54 Å². The summed E-state index contributed by atoms with van der Waals surface area (Å²) >= 11 is 6.06. The van der Waals surface area contributed by atoms with Crippen molar-refractivity contribution >= 4 is 42.7 Å². The molecule has 0 N–H and O–H groups in total. The van der Waals surface area contributed by atoms with Crippen molar-refractivity contribution in [1.82, 2.24) is 14.2 Å². The molecule has 0 spiro atoms. The Bertz CT molecular complexity index is 1210. The maximum atomic E-state index is 15.7. The van der Waals surface area contributed by atoms with Gasteiger partial charge in [0.15, 0.2) is 8.24 Å². The van der Waals surface area contributed by atoms with Crippen LogP contribution in [0.4, 0.5) is 15.0 Å². The van der Waals surface area contributed by atoms with Crippen molar-refractivity contribution < 1.29 is 13.9 Å². The molecule has 1 amide bonds. The molecule has 2 aromatic heterocycles. The molecule has 9 heteroatoms. The van der Waals surface area contributed by atoms with Gasteiger partial charge in [-0.3, -0.25) is 4.90 Å². The van der Waals surface area contributed by atoms with Crippen molar-refractivity contribution in [3.8, 4) is 0 Å². The first-order valence-corrected chi connectivity index (χ1v) is 15.0. The van der Waals surface area contributed by atoms with E-state index in [0.29, 0.717) is 22.2 Å². The van der Waals surface area contributed by atoms with Gasteiger partial charge in [0.25, 0.3) is 0 Å². The average molecular weight is 533 g/mol. The van der Waals surface area contributed by atoms with Crippen LogP contribution in [0.3, 0.4) is 0 Å². The lowest BCUT2D eigenvalue weighted by atomic mass is 10.1. The van der Waals surface area contributed by atoms with E-state index in [1.807, 2.05) is 12.1 Å². The summed E-state index contributed by atoms with van der Waals surface area (Å²) in [6.45, 7) is 19.0. The van der Waals surface area contributed by atoms with E-state index in [0.717, 1.165) is 10.9 Å². The van der Waals surface area contributed by atoms with Gasteiger partial charge < -0.3 is 8.97 Å². The molecule has 0 unspecified atom stereocenters. The van der Waals surface area contributed by atoms with Gasteiger partial charge >= 0.3 is 6.09 Å². The highest BCUT2D eigenvalue weighted by molar-refractivity contribution is 6.82. The molecule has 196 valence electrons. The van der Waals surface area contributed by atoms with Gasteiger partial charge in [-0.25, -0.2) is 19.2 Å². The van der Waals surface area contributed by atoms with E-state index in [9.17, 15) is 4.79 Å². The van der Waals surface area contributed by atoms with Crippen LogP contribution >= 0.6 is 11.6 Å². The first kappa shape index (κ1) is 28.1. The minimum Gasteiger partial charge on any atom is -0.443 e. The summed E-state index contributed by atoms with van der Waals surface area (Å²) in [6, 6.07) is 6.94. The molecule has 36 heavy (non-hydrogen) atoms. The molecule has 1 aromatic carbocycles. The first-order valence-electron chi connectivity index (χ1n) is 12.5. The minimum absolute atomic E-state index is 0.0592. The normalized spacial score (nSPS) is 12.7. The number of carbonyl (C=O) groups excluding carboxylic acids is 1. The van der Waals surface area contributed by atoms with Crippen molar-refractivity contribution in [3.05, 3.63) is 53.3 Å². The molecule has 0 fully saturated rings. The highest BCUT2D eigenvalue weighted by Crippen LogP contribution is 2.44. The molecule has 3 aromatic rings. The Morgan fingerprint density at radius 1 is 1.08 bits per heavy atom. The number of hydrogen-bond acceptors (Lipinski definition) is 4. The van der Waals surface area contributed by atoms with Crippen LogP contribution in [0.2, 0.25) is 21.8 Å². The van der Waals surface area contributed by atoms with E-state index < -0.39 is 19.9 Å². The average Bonchev–Trinajstić information content (AvgIpc) is 3.13. The number of carbonyl (C=O) groups is 1. The molecule has 0 radical (unpaired) electrons. The van der Waals surface area contributed by atoms with Crippen LogP contribution in [0.5, 0.6) is 0 Å². The van der Waals surface area contributed by atoms with Gasteiger partial charge in [-0.1, -0.05) is 53.1 Å². The molecule has 6 nitrogen and oxygen atoms in total. The van der Waals surface area contributed by atoms with E-state index in [1.54, 1.807) is 26.8 Å². The van der Waals surface area contributed by atoms with Crippen molar-refractivity contribution in [2.45, 2.75) is 91.1 Å². The number of rotatable bonds is 7. The number of fused-ring (bicyclic) bond motifs is 1. The summed E-state index contributed by atoms with van der Waals surface area (Å²) in [5.74, 6) is -0.137. The van der Waals surface area contributed by atoms with Gasteiger partial charge in [-0.05, 0) is 67.2 Å². The van der Waals surface area contributed by atoms with E-state index in [4.69, 9.17) is 16.3 Å². The molecule has 0 saturated heterocycles. The van der Waals surface area contributed by atoms with E-state index in [-0.39, 0.29) is 23.3 Å². The van der Waals surface area contributed by atoms with Gasteiger partial charge in [-0.15, -0.1) is 0 Å². The number of benzene rings is 1. The smallest absolute Gasteiger partial charge is 0.416 e. The maximum Gasteiger partial charge on any atom is 0.416 e. The standard InChI is InChI=1S/C27H38ClFN4O2Si/c1-17(2)36(18(3)4,19(5)6)33-11-10-20-12-21(22(29)13-23(20)33)15-32(26(34)35-27(7,8)9)25-14-24(28)30-16-31-25/h10-14,16-19H,15H2,1-9H3.